The van der Waals surface area contributed by atoms with Gasteiger partial charge in [0.1, 0.15) is 17.2 Å². The fourth-order valence-electron chi connectivity index (χ4n) is 3.68. The third kappa shape index (κ3) is 5.75. The molecule has 13 heteroatoms. The van der Waals surface area contributed by atoms with Gasteiger partial charge in [0.2, 0.25) is 0 Å². The number of anilines is 2. The number of halogens is 4. The van der Waals surface area contributed by atoms with Crippen LogP contribution in [-0.2, 0) is 17.1 Å². The van der Waals surface area contributed by atoms with E-state index in [0.717, 1.165) is 18.2 Å². The summed E-state index contributed by atoms with van der Waals surface area (Å²) in [6, 6.07) is 15.6. The van der Waals surface area contributed by atoms with E-state index < -0.39 is 32.9 Å². The van der Waals surface area contributed by atoms with Gasteiger partial charge in [-0.05, 0) is 42.5 Å². The van der Waals surface area contributed by atoms with Crippen molar-refractivity contribution in [3.05, 3.63) is 77.4 Å². The summed E-state index contributed by atoms with van der Waals surface area (Å²) in [7, 11) is -1.47. The van der Waals surface area contributed by atoms with Crippen LogP contribution in [0.25, 0.3) is 10.9 Å². The molecule has 0 unspecified atom stereocenters. The zero-order chi connectivity index (χ0) is 27.0. The minimum Gasteiger partial charge on any atom is -0.497 e. The van der Waals surface area contributed by atoms with Crippen molar-refractivity contribution in [2.45, 2.75) is 11.3 Å². The van der Waals surface area contributed by atoms with Crippen LogP contribution in [0.3, 0.4) is 0 Å². The Hall–Kier alpha value is -3.90. The molecule has 0 aliphatic rings. The molecule has 0 aliphatic carbocycles. The molecule has 0 saturated carbocycles. The Balaban J connectivity index is 1.66. The lowest BCUT2D eigenvalue weighted by Gasteiger charge is -2.11. The molecule has 0 atom stereocenters. The second-order valence-corrected chi connectivity index (χ2v) is 9.85. The SMILES string of the molecule is COc1cccc(Nc2ccc(Cl)c3c2cc(C(=O)NS(=O)(=O)c2cccc(OC(F)(F)F)c2)n3C)c1. The summed E-state index contributed by atoms with van der Waals surface area (Å²) < 4.78 is 75.4. The fourth-order valence-corrected chi connectivity index (χ4v) is 4.96. The zero-order valence-corrected chi connectivity index (χ0v) is 20.8. The molecular formula is C24H19ClF3N3O5S. The highest BCUT2D eigenvalue weighted by Crippen LogP contribution is 2.34. The van der Waals surface area contributed by atoms with E-state index in [1.807, 2.05) is 10.8 Å². The van der Waals surface area contributed by atoms with Gasteiger partial charge >= 0.3 is 6.36 Å². The number of carbonyl (C=O) groups is 1. The minimum absolute atomic E-state index is 0.0527. The average Bonchev–Trinajstić information content (AvgIpc) is 3.18. The second-order valence-electron chi connectivity index (χ2n) is 7.76. The van der Waals surface area contributed by atoms with Crippen molar-refractivity contribution in [2.24, 2.45) is 7.05 Å². The second kappa shape index (κ2) is 9.87. The number of hydrogen-bond donors (Lipinski definition) is 2. The van der Waals surface area contributed by atoms with Crippen molar-refractivity contribution < 1.29 is 35.9 Å². The summed E-state index contributed by atoms with van der Waals surface area (Å²) in [5.74, 6) is -1.13. The molecule has 0 spiro atoms. The standard InChI is InChI=1S/C24H19ClF3N3O5S/c1-31-21(23(32)30-37(33,34)17-8-4-7-16(12-17)36-24(26,27)28)13-18-20(10-9-19(25)22(18)31)29-14-5-3-6-15(11-14)35-2/h3-13,29H,1-2H3,(H,30,32). The molecule has 8 nitrogen and oxygen atoms in total. The summed E-state index contributed by atoms with van der Waals surface area (Å²) in [5.41, 5.74) is 1.68. The first-order valence-corrected chi connectivity index (χ1v) is 12.4. The van der Waals surface area contributed by atoms with Gasteiger partial charge in [-0.2, -0.15) is 0 Å². The first-order valence-electron chi connectivity index (χ1n) is 10.5. The van der Waals surface area contributed by atoms with Crippen LogP contribution in [0.4, 0.5) is 24.5 Å². The number of benzene rings is 3. The molecule has 194 valence electrons. The van der Waals surface area contributed by atoms with Crippen LogP contribution in [-0.4, -0.2) is 32.4 Å². The lowest BCUT2D eigenvalue weighted by atomic mass is 10.2. The van der Waals surface area contributed by atoms with E-state index in [1.165, 1.54) is 24.8 Å². The summed E-state index contributed by atoms with van der Waals surface area (Å²) in [4.78, 5) is 12.4. The Labute approximate surface area is 214 Å². The largest absolute Gasteiger partial charge is 0.573 e. The molecule has 2 N–H and O–H groups in total. The van der Waals surface area contributed by atoms with E-state index in [2.05, 4.69) is 10.1 Å². The molecule has 3 aromatic carbocycles. The number of aryl methyl sites for hydroxylation is 1. The average molecular weight is 554 g/mol. The van der Waals surface area contributed by atoms with Crippen LogP contribution in [0.1, 0.15) is 10.5 Å². The van der Waals surface area contributed by atoms with Gasteiger partial charge in [-0.15, -0.1) is 13.2 Å². The number of alkyl halides is 3. The number of methoxy groups -OCH3 is 1. The number of amides is 1. The fraction of sp³-hybridized carbons (Fsp3) is 0.125. The Morgan fingerprint density at radius 3 is 2.41 bits per heavy atom. The quantitative estimate of drug-likeness (QED) is 0.309. The van der Waals surface area contributed by atoms with Crippen molar-refractivity contribution >= 4 is 49.8 Å². The van der Waals surface area contributed by atoms with E-state index in [-0.39, 0.29) is 5.69 Å². The maximum atomic E-state index is 13.0. The molecule has 0 bridgehead atoms. The van der Waals surface area contributed by atoms with E-state index in [1.54, 1.807) is 30.3 Å². The molecule has 0 fully saturated rings. The molecule has 1 heterocycles. The molecule has 0 radical (unpaired) electrons. The summed E-state index contributed by atoms with van der Waals surface area (Å²) in [6.45, 7) is 0. The number of nitrogens with zero attached hydrogens (tertiary/aromatic N) is 1. The van der Waals surface area contributed by atoms with Crippen molar-refractivity contribution in [1.82, 2.24) is 9.29 Å². The van der Waals surface area contributed by atoms with Gasteiger partial charge in [-0.25, -0.2) is 13.1 Å². The number of nitrogens with one attached hydrogen (secondary N) is 2. The van der Waals surface area contributed by atoms with Gasteiger partial charge in [0.15, 0.2) is 0 Å². The molecule has 4 aromatic rings. The topological polar surface area (TPSA) is 98.7 Å². The van der Waals surface area contributed by atoms with Crippen molar-refractivity contribution in [3.8, 4) is 11.5 Å². The zero-order valence-electron chi connectivity index (χ0n) is 19.3. The Kier molecular flexibility index (Phi) is 6.98. The van der Waals surface area contributed by atoms with E-state index in [0.29, 0.717) is 39.1 Å². The Morgan fingerprint density at radius 1 is 1.00 bits per heavy atom. The predicted octanol–water partition coefficient (Wildman–Crippen LogP) is 5.60. The van der Waals surface area contributed by atoms with Gasteiger partial charge in [0, 0.05) is 35.9 Å². The smallest absolute Gasteiger partial charge is 0.497 e. The van der Waals surface area contributed by atoms with Gasteiger partial charge in [0.05, 0.1) is 22.5 Å². The van der Waals surface area contributed by atoms with Gasteiger partial charge in [-0.3, -0.25) is 4.79 Å². The van der Waals surface area contributed by atoms with Crippen LogP contribution in [0.5, 0.6) is 11.5 Å². The highest BCUT2D eigenvalue weighted by Gasteiger charge is 2.32. The maximum absolute atomic E-state index is 13.0. The number of ether oxygens (including phenoxy) is 2. The monoisotopic (exact) mass is 553 g/mol. The number of carbonyl (C=O) groups excluding carboxylic acids is 1. The van der Waals surface area contributed by atoms with Crippen LogP contribution in [0, 0.1) is 0 Å². The number of aromatic nitrogens is 1. The Bertz CT molecular complexity index is 1600. The normalized spacial score (nSPS) is 11.8. The molecule has 4 rings (SSSR count). The summed E-state index contributed by atoms with van der Waals surface area (Å²) >= 11 is 6.38. The van der Waals surface area contributed by atoms with Crippen molar-refractivity contribution in [1.29, 1.82) is 0 Å². The first kappa shape index (κ1) is 26.2. The highest BCUT2D eigenvalue weighted by atomic mass is 35.5. The Morgan fingerprint density at radius 2 is 1.70 bits per heavy atom. The number of sulfonamides is 1. The molecule has 1 aromatic heterocycles. The van der Waals surface area contributed by atoms with E-state index >= 15 is 0 Å². The molecule has 1 amide bonds. The van der Waals surface area contributed by atoms with Gasteiger partial charge < -0.3 is 19.4 Å². The number of rotatable bonds is 7. The first-order chi connectivity index (χ1) is 17.4. The summed E-state index contributed by atoms with van der Waals surface area (Å²) in [6.07, 6.45) is -5.01. The molecule has 37 heavy (non-hydrogen) atoms. The molecule has 0 aliphatic heterocycles. The highest BCUT2D eigenvalue weighted by molar-refractivity contribution is 7.90. The lowest BCUT2D eigenvalue weighted by molar-refractivity contribution is -0.274. The van der Waals surface area contributed by atoms with Crippen LogP contribution in [0.15, 0.2) is 71.6 Å². The third-order valence-electron chi connectivity index (χ3n) is 5.30. The van der Waals surface area contributed by atoms with Crippen LogP contribution in [0.2, 0.25) is 5.02 Å². The van der Waals surface area contributed by atoms with Gasteiger partial charge in [-0.1, -0.05) is 23.7 Å². The number of fused-ring (bicyclic) bond motifs is 1. The van der Waals surface area contributed by atoms with Gasteiger partial charge in [0.25, 0.3) is 15.9 Å². The predicted molar refractivity (Wildman–Crippen MR) is 132 cm³/mol. The van der Waals surface area contributed by atoms with E-state index in [4.69, 9.17) is 16.3 Å². The third-order valence-corrected chi connectivity index (χ3v) is 6.94. The number of hydrogen-bond acceptors (Lipinski definition) is 6. The minimum atomic E-state index is -5.01. The van der Waals surface area contributed by atoms with E-state index in [9.17, 15) is 26.4 Å². The van der Waals surface area contributed by atoms with Crippen molar-refractivity contribution in [3.63, 3.8) is 0 Å². The van der Waals surface area contributed by atoms with Crippen molar-refractivity contribution in [2.75, 3.05) is 12.4 Å². The van der Waals surface area contributed by atoms with Crippen LogP contribution < -0.4 is 19.5 Å². The molecular weight excluding hydrogens is 535 g/mol. The molecule has 0 saturated heterocycles. The van der Waals surface area contributed by atoms with Crippen LogP contribution >= 0.6 is 11.6 Å². The maximum Gasteiger partial charge on any atom is 0.573 e. The summed E-state index contributed by atoms with van der Waals surface area (Å²) in [5, 5.41) is 4.06. The lowest BCUT2D eigenvalue weighted by Crippen LogP contribution is -2.31.